The van der Waals surface area contributed by atoms with Crippen LogP contribution < -0.4 is 4.90 Å². The number of carbonyl (C=O) groups is 1. The third kappa shape index (κ3) is 2.14. The third-order valence-corrected chi connectivity index (χ3v) is 3.87. The predicted molar refractivity (Wildman–Crippen MR) is 81.1 cm³/mol. The van der Waals surface area contributed by atoms with Gasteiger partial charge in [-0.15, -0.1) is 0 Å². The standard InChI is InChI=1S/C16H14N4O/c1-20-13-10-6-5-9-12(13)14(11-7-3-2-4-8-11)15(16(20)21)18-19-17/h2-10,14-15H,1H3/t14-,15+/m0/s1. The number of anilines is 1. The SMILES string of the molecule is CN1C(=O)[C@H](N=[N+]=[N-])[C@@H](c2ccccc2)c2ccccc21. The Hall–Kier alpha value is -2.78. The summed E-state index contributed by atoms with van der Waals surface area (Å²) < 4.78 is 0. The first kappa shape index (κ1) is 13.2. The lowest BCUT2D eigenvalue weighted by Crippen LogP contribution is -2.43. The fraction of sp³-hybridized carbons (Fsp3) is 0.188. The highest BCUT2D eigenvalue weighted by Gasteiger charge is 2.38. The minimum atomic E-state index is -0.753. The highest BCUT2D eigenvalue weighted by molar-refractivity contribution is 6.01. The number of rotatable bonds is 2. The summed E-state index contributed by atoms with van der Waals surface area (Å²) in [6.45, 7) is 0. The molecule has 2 aromatic carbocycles. The number of hydrogen-bond acceptors (Lipinski definition) is 2. The molecule has 0 aliphatic carbocycles. The van der Waals surface area contributed by atoms with Crippen LogP contribution in [0.2, 0.25) is 0 Å². The van der Waals surface area contributed by atoms with Gasteiger partial charge in [-0.05, 0) is 22.7 Å². The Balaban J connectivity index is 2.23. The van der Waals surface area contributed by atoms with Crippen LogP contribution in [0.5, 0.6) is 0 Å². The van der Waals surface area contributed by atoms with Crippen molar-refractivity contribution in [3.05, 3.63) is 76.2 Å². The summed E-state index contributed by atoms with van der Waals surface area (Å²) in [6.07, 6.45) is 0. The van der Waals surface area contributed by atoms with E-state index in [1.807, 2.05) is 54.6 Å². The molecular formula is C16H14N4O. The average molecular weight is 278 g/mol. The van der Waals surface area contributed by atoms with Crippen LogP contribution in [0.1, 0.15) is 17.0 Å². The Kier molecular flexibility index (Phi) is 3.34. The number of azide groups is 1. The van der Waals surface area contributed by atoms with E-state index in [9.17, 15) is 4.79 Å². The molecule has 0 spiro atoms. The van der Waals surface area contributed by atoms with Crippen molar-refractivity contribution in [3.63, 3.8) is 0 Å². The number of hydrogen-bond donors (Lipinski definition) is 0. The maximum Gasteiger partial charge on any atom is 0.236 e. The molecule has 0 saturated heterocycles. The van der Waals surface area contributed by atoms with Gasteiger partial charge in [0.1, 0.15) is 6.04 Å². The molecule has 0 fully saturated rings. The second-order valence-corrected chi connectivity index (χ2v) is 4.99. The van der Waals surface area contributed by atoms with Crippen LogP contribution >= 0.6 is 0 Å². The summed E-state index contributed by atoms with van der Waals surface area (Å²) in [5, 5.41) is 3.76. The smallest absolute Gasteiger partial charge is 0.236 e. The number of carbonyl (C=O) groups excluding carboxylic acids is 1. The lowest BCUT2D eigenvalue weighted by molar-refractivity contribution is -0.120. The number of para-hydroxylation sites is 1. The molecule has 104 valence electrons. The van der Waals surface area contributed by atoms with Crippen molar-refractivity contribution in [2.24, 2.45) is 5.11 Å². The fourth-order valence-electron chi connectivity index (χ4n) is 2.88. The van der Waals surface area contributed by atoms with E-state index in [2.05, 4.69) is 10.0 Å². The lowest BCUT2D eigenvalue weighted by atomic mass is 9.81. The van der Waals surface area contributed by atoms with Crippen molar-refractivity contribution < 1.29 is 4.79 Å². The molecule has 1 heterocycles. The molecule has 5 nitrogen and oxygen atoms in total. The van der Waals surface area contributed by atoms with Crippen LogP contribution in [0.15, 0.2) is 59.7 Å². The number of nitrogens with zero attached hydrogens (tertiary/aromatic N) is 4. The Bertz CT molecular complexity index is 722. The molecule has 0 bridgehead atoms. The molecule has 5 heteroatoms. The molecule has 3 rings (SSSR count). The van der Waals surface area contributed by atoms with Crippen LogP contribution in [0, 0.1) is 0 Å². The summed E-state index contributed by atoms with van der Waals surface area (Å²) in [7, 11) is 1.71. The molecule has 1 aliphatic rings. The first-order chi connectivity index (χ1) is 10.2. The van der Waals surface area contributed by atoms with Crippen LogP contribution in [0.25, 0.3) is 10.4 Å². The normalized spacial score (nSPS) is 20.6. The van der Waals surface area contributed by atoms with E-state index in [0.29, 0.717) is 0 Å². The van der Waals surface area contributed by atoms with Crippen molar-refractivity contribution in [1.82, 2.24) is 0 Å². The van der Waals surface area contributed by atoms with Crippen LogP contribution in [0.3, 0.4) is 0 Å². The van der Waals surface area contributed by atoms with Crippen molar-refractivity contribution in [1.29, 1.82) is 0 Å². The van der Waals surface area contributed by atoms with Gasteiger partial charge in [0.25, 0.3) is 0 Å². The zero-order valence-electron chi connectivity index (χ0n) is 11.5. The van der Waals surface area contributed by atoms with Crippen molar-refractivity contribution in [2.75, 3.05) is 11.9 Å². The molecule has 21 heavy (non-hydrogen) atoms. The van der Waals surface area contributed by atoms with Gasteiger partial charge < -0.3 is 4.90 Å². The first-order valence-corrected chi connectivity index (χ1v) is 6.69. The van der Waals surface area contributed by atoms with Gasteiger partial charge in [-0.2, -0.15) is 0 Å². The van der Waals surface area contributed by atoms with E-state index in [4.69, 9.17) is 5.53 Å². The largest absolute Gasteiger partial charge is 0.315 e. The molecule has 0 saturated carbocycles. The summed E-state index contributed by atoms with van der Waals surface area (Å²) in [5.41, 5.74) is 11.7. The van der Waals surface area contributed by atoms with Gasteiger partial charge in [0.05, 0.1) is 0 Å². The van der Waals surface area contributed by atoms with Gasteiger partial charge in [0.2, 0.25) is 5.91 Å². The van der Waals surface area contributed by atoms with Crippen LogP contribution in [-0.4, -0.2) is 19.0 Å². The third-order valence-electron chi connectivity index (χ3n) is 3.87. The van der Waals surface area contributed by atoms with E-state index in [1.54, 1.807) is 11.9 Å². The second-order valence-electron chi connectivity index (χ2n) is 4.99. The van der Waals surface area contributed by atoms with Crippen molar-refractivity contribution >= 4 is 11.6 Å². The molecule has 2 atom stereocenters. The summed E-state index contributed by atoms with van der Waals surface area (Å²) >= 11 is 0. The van der Waals surface area contributed by atoms with Crippen molar-refractivity contribution in [3.8, 4) is 0 Å². The van der Waals surface area contributed by atoms with E-state index in [0.717, 1.165) is 16.8 Å². The molecule has 2 aromatic rings. The zero-order valence-corrected chi connectivity index (χ0v) is 11.5. The van der Waals surface area contributed by atoms with Crippen molar-refractivity contribution in [2.45, 2.75) is 12.0 Å². The van der Waals surface area contributed by atoms with Gasteiger partial charge >= 0.3 is 0 Å². The minimum absolute atomic E-state index is 0.180. The first-order valence-electron chi connectivity index (χ1n) is 6.69. The number of likely N-dealkylation sites (N-methyl/N-ethyl adjacent to an activating group) is 1. The number of benzene rings is 2. The Morgan fingerprint density at radius 2 is 1.76 bits per heavy atom. The molecule has 0 N–H and O–H groups in total. The molecule has 1 aliphatic heterocycles. The maximum atomic E-state index is 12.5. The Labute approximate surface area is 122 Å². The Morgan fingerprint density at radius 3 is 2.48 bits per heavy atom. The number of fused-ring (bicyclic) bond motifs is 1. The van der Waals surface area contributed by atoms with E-state index >= 15 is 0 Å². The van der Waals surface area contributed by atoms with E-state index in [-0.39, 0.29) is 11.8 Å². The molecule has 0 aromatic heterocycles. The van der Waals surface area contributed by atoms with Gasteiger partial charge in [-0.25, -0.2) is 0 Å². The summed E-state index contributed by atoms with van der Waals surface area (Å²) in [5.74, 6) is -0.428. The quantitative estimate of drug-likeness (QED) is 0.471. The van der Waals surface area contributed by atoms with Gasteiger partial charge in [-0.3, -0.25) is 4.79 Å². The van der Waals surface area contributed by atoms with Gasteiger partial charge in [0, 0.05) is 23.6 Å². The second kappa shape index (κ2) is 5.31. The molecule has 0 radical (unpaired) electrons. The maximum absolute atomic E-state index is 12.5. The van der Waals surface area contributed by atoms with Gasteiger partial charge in [0.15, 0.2) is 0 Å². The summed E-state index contributed by atoms with van der Waals surface area (Å²) in [6, 6.07) is 16.7. The van der Waals surface area contributed by atoms with Crippen LogP contribution in [-0.2, 0) is 4.79 Å². The molecule has 1 amide bonds. The number of amides is 1. The highest BCUT2D eigenvalue weighted by atomic mass is 16.2. The van der Waals surface area contributed by atoms with Gasteiger partial charge in [-0.1, -0.05) is 53.6 Å². The highest BCUT2D eigenvalue weighted by Crippen LogP contribution is 2.40. The minimum Gasteiger partial charge on any atom is -0.315 e. The molecular weight excluding hydrogens is 264 g/mol. The zero-order chi connectivity index (χ0) is 14.8. The lowest BCUT2D eigenvalue weighted by Gasteiger charge is -2.36. The summed E-state index contributed by atoms with van der Waals surface area (Å²) in [4.78, 5) is 17.0. The monoisotopic (exact) mass is 278 g/mol. The van der Waals surface area contributed by atoms with E-state index in [1.165, 1.54) is 0 Å². The fourth-order valence-corrected chi connectivity index (χ4v) is 2.88. The topological polar surface area (TPSA) is 69.1 Å². The van der Waals surface area contributed by atoms with Crippen LogP contribution in [0.4, 0.5) is 5.69 Å². The molecule has 0 unspecified atom stereocenters. The average Bonchev–Trinajstić information content (AvgIpc) is 2.54. The predicted octanol–water partition coefficient (Wildman–Crippen LogP) is 3.47. The Morgan fingerprint density at radius 1 is 1.10 bits per heavy atom. The van der Waals surface area contributed by atoms with E-state index < -0.39 is 6.04 Å².